The van der Waals surface area contributed by atoms with E-state index in [0.29, 0.717) is 6.54 Å². The number of hydrogen-bond donors (Lipinski definition) is 1. The molecule has 0 atom stereocenters. The fraction of sp³-hybridized carbons (Fsp3) is 0.417. The second-order valence-electron chi connectivity index (χ2n) is 3.81. The Bertz CT molecular complexity index is 318. The van der Waals surface area contributed by atoms with Gasteiger partial charge in [0.25, 0.3) is 0 Å². The Balaban J connectivity index is 1.80. The third-order valence-corrected chi connectivity index (χ3v) is 2.68. The number of anilines is 1. The van der Waals surface area contributed by atoms with Crippen molar-refractivity contribution in [2.45, 2.75) is 12.8 Å². The lowest BCUT2D eigenvalue weighted by atomic mass is 10.3. The summed E-state index contributed by atoms with van der Waals surface area (Å²) in [6.07, 6.45) is 2.30. The van der Waals surface area contributed by atoms with Gasteiger partial charge in [0.05, 0.1) is 6.54 Å². The van der Waals surface area contributed by atoms with Gasteiger partial charge in [-0.15, -0.1) is 0 Å². The van der Waals surface area contributed by atoms with Crippen molar-refractivity contribution in [3.8, 4) is 0 Å². The zero-order chi connectivity index (χ0) is 10.5. The van der Waals surface area contributed by atoms with E-state index in [1.165, 1.54) is 0 Å². The molecule has 0 aromatic heterocycles. The van der Waals surface area contributed by atoms with Gasteiger partial charge >= 0.3 is 0 Å². The van der Waals surface area contributed by atoms with E-state index < -0.39 is 0 Å². The molecule has 0 radical (unpaired) electrons. The Hall–Kier alpha value is -1.51. The molecule has 3 nitrogen and oxygen atoms in total. The third-order valence-electron chi connectivity index (χ3n) is 2.68. The normalized spacial score (nSPS) is 15.3. The first-order valence-corrected chi connectivity index (χ1v) is 5.43. The van der Waals surface area contributed by atoms with Gasteiger partial charge in [0.15, 0.2) is 0 Å². The second kappa shape index (κ2) is 4.82. The highest BCUT2D eigenvalue weighted by molar-refractivity contribution is 5.81. The van der Waals surface area contributed by atoms with Crippen LogP contribution in [0.3, 0.4) is 0 Å². The molecule has 1 N–H and O–H groups in total. The van der Waals surface area contributed by atoms with Gasteiger partial charge in [-0.05, 0) is 25.0 Å². The van der Waals surface area contributed by atoms with Gasteiger partial charge in [0.1, 0.15) is 0 Å². The van der Waals surface area contributed by atoms with Crippen molar-refractivity contribution >= 4 is 11.6 Å². The molecule has 1 fully saturated rings. The summed E-state index contributed by atoms with van der Waals surface area (Å²) in [4.78, 5) is 13.6. The highest BCUT2D eigenvalue weighted by Gasteiger charge is 2.16. The molecular formula is C12H16N2O. The number of nitrogens with zero attached hydrogens (tertiary/aromatic N) is 1. The van der Waals surface area contributed by atoms with Gasteiger partial charge < -0.3 is 10.2 Å². The molecule has 1 amide bonds. The van der Waals surface area contributed by atoms with Crippen LogP contribution >= 0.6 is 0 Å². The number of carbonyl (C=O) groups excluding carboxylic acids is 1. The Morgan fingerprint density at radius 1 is 1.20 bits per heavy atom. The van der Waals surface area contributed by atoms with Gasteiger partial charge in [-0.25, -0.2) is 0 Å². The molecule has 1 aliphatic rings. The van der Waals surface area contributed by atoms with Gasteiger partial charge in [-0.1, -0.05) is 18.2 Å². The van der Waals surface area contributed by atoms with E-state index in [9.17, 15) is 4.79 Å². The first-order valence-electron chi connectivity index (χ1n) is 5.43. The number of hydrogen-bond acceptors (Lipinski definition) is 2. The number of benzene rings is 1. The van der Waals surface area contributed by atoms with Crippen molar-refractivity contribution in [3.63, 3.8) is 0 Å². The fourth-order valence-corrected chi connectivity index (χ4v) is 1.81. The van der Waals surface area contributed by atoms with Crippen molar-refractivity contribution in [3.05, 3.63) is 30.3 Å². The standard InChI is InChI=1S/C12H16N2O/c15-12(14-8-4-5-9-14)10-13-11-6-2-1-3-7-11/h1-3,6-7,13H,4-5,8-10H2. The van der Waals surface area contributed by atoms with Crippen LogP contribution in [0.15, 0.2) is 30.3 Å². The summed E-state index contributed by atoms with van der Waals surface area (Å²) in [5.74, 6) is 0.205. The molecule has 1 heterocycles. The molecule has 0 saturated carbocycles. The minimum Gasteiger partial charge on any atom is -0.376 e. The smallest absolute Gasteiger partial charge is 0.241 e. The Morgan fingerprint density at radius 3 is 2.53 bits per heavy atom. The van der Waals surface area contributed by atoms with Crippen LogP contribution in [0, 0.1) is 0 Å². The maximum Gasteiger partial charge on any atom is 0.241 e. The highest BCUT2D eigenvalue weighted by Crippen LogP contribution is 2.08. The predicted molar refractivity (Wildman–Crippen MR) is 60.7 cm³/mol. The topological polar surface area (TPSA) is 32.3 Å². The highest BCUT2D eigenvalue weighted by atomic mass is 16.2. The van der Waals surface area contributed by atoms with Crippen LogP contribution in [-0.2, 0) is 4.79 Å². The van der Waals surface area contributed by atoms with E-state index in [1.807, 2.05) is 35.2 Å². The van der Waals surface area contributed by atoms with E-state index in [0.717, 1.165) is 31.6 Å². The summed E-state index contributed by atoms with van der Waals surface area (Å²) in [6.45, 7) is 2.26. The summed E-state index contributed by atoms with van der Waals surface area (Å²) >= 11 is 0. The van der Waals surface area contributed by atoms with Crippen LogP contribution < -0.4 is 5.32 Å². The molecule has 80 valence electrons. The number of carbonyl (C=O) groups is 1. The van der Waals surface area contributed by atoms with Crippen LogP contribution in [0.25, 0.3) is 0 Å². The lowest BCUT2D eigenvalue weighted by Crippen LogP contribution is -2.32. The summed E-state index contributed by atoms with van der Waals surface area (Å²) in [6, 6.07) is 9.83. The quantitative estimate of drug-likeness (QED) is 0.813. The molecule has 2 rings (SSSR count). The molecule has 0 spiro atoms. The zero-order valence-corrected chi connectivity index (χ0v) is 8.78. The fourth-order valence-electron chi connectivity index (χ4n) is 1.81. The van der Waals surface area contributed by atoms with Crippen molar-refractivity contribution in [1.29, 1.82) is 0 Å². The maximum absolute atomic E-state index is 11.7. The van der Waals surface area contributed by atoms with E-state index in [2.05, 4.69) is 5.32 Å². The van der Waals surface area contributed by atoms with E-state index in [-0.39, 0.29) is 5.91 Å². The van der Waals surface area contributed by atoms with Gasteiger partial charge in [-0.3, -0.25) is 4.79 Å². The van der Waals surface area contributed by atoms with Crippen LogP contribution in [0.1, 0.15) is 12.8 Å². The van der Waals surface area contributed by atoms with Crippen molar-refractivity contribution in [1.82, 2.24) is 4.90 Å². The summed E-state index contributed by atoms with van der Waals surface area (Å²) < 4.78 is 0. The third kappa shape index (κ3) is 2.72. The Kier molecular flexibility index (Phi) is 3.22. The van der Waals surface area contributed by atoms with Crippen molar-refractivity contribution in [2.24, 2.45) is 0 Å². The SMILES string of the molecule is O=C(CNc1ccccc1)N1CCCC1. The van der Waals surface area contributed by atoms with Crippen molar-refractivity contribution in [2.75, 3.05) is 25.0 Å². The number of likely N-dealkylation sites (tertiary alicyclic amines) is 1. The molecule has 0 bridgehead atoms. The summed E-state index contributed by atoms with van der Waals surface area (Å²) in [5.41, 5.74) is 1.00. The molecular weight excluding hydrogens is 188 g/mol. The monoisotopic (exact) mass is 204 g/mol. The minimum absolute atomic E-state index is 0.205. The molecule has 1 saturated heterocycles. The predicted octanol–water partition coefficient (Wildman–Crippen LogP) is 1.72. The molecule has 0 aliphatic carbocycles. The minimum atomic E-state index is 0.205. The first kappa shape index (κ1) is 10.0. The second-order valence-corrected chi connectivity index (χ2v) is 3.81. The Labute approximate surface area is 90.1 Å². The van der Waals surface area contributed by atoms with Crippen LogP contribution in [0.2, 0.25) is 0 Å². The zero-order valence-electron chi connectivity index (χ0n) is 8.78. The van der Waals surface area contributed by atoms with Gasteiger partial charge in [0.2, 0.25) is 5.91 Å². The average molecular weight is 204 g/mol. The van der Waals surface area contributed by atoms with E-state index in [1.54, 1.807) is 0 Å². The molecule has 3 heteroatoms. The number of amides is 1. The Morgan fingerprint density at radius 2 is 1.87 bits per heavy atom. The lowest BCUT2D eigenvalue weighted by molar-refractivity contribution is -0.128. The van der Waals surface area contributed by atoms with E-state index in [4.69, 9.17) is 0 Å². The van der Waals surface area contributed by atoms with E-state index >= 15 is 0 Å². The van der Waals surface area contributed by atoms with Gasteiger partial charge in [-0.2, -0.15) is 0 Å². The number of rotatable bonds is 3. The molecule has 1 aliphatic heterocycles. The summed E-state index contributed by atoms with van der Waals surface area (Å²) in [7, 11) is 0. The number of para-hydroxylation sites is 1. The average Bonchev–Trinajstić information content (AvgIpc) is 2.81. The molecule has 1 aromatic carbocycles. The van der Waals surface area contributed by atoms with Crippen LogP contribution in [-0.4, -0.2) is 30.4 Å². The first-order chi connectivity index (χ1) is 7.36. The van der Waals surface area contributed by atoms with Crippen molar-refractivity contribution < 1.29 is 4.79 Å². The van der Waals surface area contributed by atoms with Crippen LogP contribution in [0.4, 0.5) is 5.69 Å². The molecule has 0 unspecified atom stereocenters. The summed E-state index contributed by atoms with van der Waals surface area (Å²) in [5, 5.41) is 3.13. The lowest BCUT2D eigenvalue weighted by Gasteiger charge is -2.15. The maximum atomic E-state index is 11.7. The number of nitrogens with one attached hydrogen (secondary N) is 1. The van der Waals surface area contributed by atoms with Gasteiger partial charge in [0, 0.05) is 18.8 Å². The molecule has 15 heavy (non-hydrogen) atoms. The largest absolute Gasteiger partial charge is 0.376 e. The van der Waals surface area contributed by atoms with Crippen LogP contribution in [0.5, 0.6) is 0 Å². The molecule has 1 aromatic rings.